The molecule has 0 radical (unpaired) electrons. The van der Waals surface area contributed by atoms with E-state index in [4.69, 9.17) is 14.2 Å². The quantitative estimate of drug-likeness (QED) is 0.181. The first-order valence-corrected chi connectivity index (χ1v) is 14.0. The summed E-state index contributed by atoms with van der Waals surface area (Å²) in [5.41, 5.74) is 5.89. The van der Waals surface area contributed by atoms with Gasteiger partial charge in [0.15, 0.2) is 5.82 Å². The van der Waals surface area contributed by atoms with Crippen LogP contribution in [0.4, 0.5) is 0 Å². The van der Waals surface area contributed by atoms with Gasteiger partial charge in [0.2, 0.25) is 0 Å². The van der Waals surface area contributed by atoms with Gasteiger partial charge in [-0.25, -0.2) is 9.78 Å². The Labute approximate surface area is 255 Å². The number of halogens is 1. The zero-order valence-corrected chi connectivity index (χ0v) is 25.9. The second-order valence-corrected chi connectivity index (χ2v) is 10.2. The maximum Gasteiger partial charge on any atom is 0.439 e. The molecule has 1 N–H and O–H groups in total. The van der Waals surface area contributed by atoms with E-state index in [0.717, 1.165) is 58.6 Å². The maximum absolute atomic E-state index is 13.9. The SMILES string of the molecule is Br.CCCc1nc(C)n(-c2ccc(OC(C)CC)cc2)c(=O)c1Cc1ccc(-c2ccccc2-c2noc(=O)[nH]2)cc1. The van der Waals surface area contributed by atoms with E-state index in [1.807, 2.05) is 86.6 Å². The lowest BCUT2D eigenvalue weighted by molar-refractivity contribution is 0.217. The van der Waals surface area contributed by atoms with Crippen LogP contribution in [0.2, 0.25) is 0 Å². The first-order valence-electron chi connectivity index (χ1n) is 14.0. The normalized spacial score (nSPS) is 11.6. The summed E-state index contributed by atoms with van der Waals surface area (Å²) in [7, 11) is 0. The van der Waals surface area contributed by atoms with Crippen molar-refractivity contribution in [3.05, 3.63) is 116 Å². The summed E-state index contributed by atoms with van der Waals surface area (Å²) >= 11 is 0. The van der Waals surface area contributed by atoms with E-state index >= 15 is 0 Å². The van der Waals surface area contributed by atoms with Crippen LogP contribution in [0.5, 0.6) is 5.75 Å². The number of nitrogens with one attached hydrogen (secondary N) is 1. The van der Waals surface area contributed by atoms with Gasteiger partial charge in [0.05, 0.1) is 17.5 Å². The topological polar surface area (TPSA) is 103 Å². The van der Waals surface area contributed by atoms with E-state index in [0.29, 0.717) is 23.6 Å². The van der Waals surface area contributed by atoms with Gasteiger partial charge in [0.1, 0.15) is 11.6 Å². The predicted molar refractivity (Wildman–Crippen MR) is 170 cm³/mol. The monoisotopic (exact) mass is 630 g/mol. The number of hydrogen-bond acceptors (Lipinski definition) is 6. The highest BCUT2D eigenvalue weighted by Crippen LogP contribution is 2.30. The molecule has 1 unspecified atom stereocenters. The Hall–Kier alpha value is -4.24. The van der Waals surface area contributed by atoms with Crippen LogP contribution in [-0.4, -0.2) is 25.8 Å². The summed E-state index contributed by atoms with van der Waals surface area (Å²) < 4.78 is 12.3. The predicted octanol–water partition coefficient (Wildman–Crippen LogP) is 6.85. The van der Waals surface area contributed by atoms with Gasteiger partial charge in [-0.05, 0) is 67.6 Å². The molecular weight excluding hydrogens is 596 g/mol. The molecule has 0 aliphatic heterocycles. The third-order valence-corrected chi connectivity index (χ3v) is 7.19. The fourth-order valence-electron chi connectivity index (χ4n) is 4.93. The van der Waals surface area contributed by atoms with Crippen molar-refractivity contribution in [3.8, 4) is 34.0 Å². The summed E-state index contributed by atoms with van der Waals surface area (Å²) in [5.74, 6) is 1.22. The number of aromatic amines is 1. The molecule has 0 spiro atoms. The molecule has 9 heteroatoms. The van der Waals surface area contributed by atoms with Gasteiger partial charge in [-0.1, -0.05) is 74.0 Å². The van der Waals surface area contributed by atoms with Gasteiger partial charge in [-0.2, -0.15) is 0 Å². The van der Waals surface area contributed by atoms with Crippen LogP contribution in [0.1, 0.15) is 56.3 Å². The van der Waals surface area contributed by atoms with Gasteiger partial charge in [-0.15, -0.1) is 17.0 Å². The number of H-pyrrole nitrogens is 1. The van der Waals surface area contributed by atoms with Crippen molar-refractivity contribution in [2.75, 3.05) is 0 Å². The lowest BCUT2D eigenvalue weighted by atomic mass is 9.96. The van der Waals surface area contributed by atoms with Crippen LogP contribution in [0.15, 0.2) is 86.9 Å². The van der Waals surface area contributed by atoms with Crippen LogP contribution in [0.3, 0.4) is 0 Å². The number of aryl methyl sites for hydroxylation is 2. The van der Waals surface area contributed by atoms with Crippen molar-refractivity contribution in [3.63, 3.8) is 0 Å². The molecule has 0 fully saturated rings. The number of benzene rings is 3. The van der Waals surface area contributed by atoms with Gasteiger partial charge in [-0.3, -0.25) is 18.9 Å². The summed E-state index contributed by atoms with van der Waals surface area (Å²) in [6.07, 6.45) is 3.13. The maximum atomic E-state index is 13.9. The van der Waals surface area contributed by atoms with Crippen molar-refractivity contribution in [2.24, 2.45) is 0 Å². The van der Waals surface area contributed by atoms with Gasteiger partial charge in [0.25, 0.3) is 5.56 Å². The van der Waals surface area contributed by atoms with E-state index in [1.54, 1.807) is 4.57 Å². The van der Waals surface area contributed by atoms with Crippen LogP contribution in [0, 0.1) is 6.92 Å². The largest absolute Gasteiger partial charge is 0.491 e. The highest BCUT2D eigenvalue weighted by Gasteiger charge is 2.17. The molecule has 0 amide bonds. The Morgan fingerprint density at radius 3 is 2.26 bits per heavy atom. The Balaban J connectivity index is 0.00000405. The van der Waals surface area contributed by atoms with E-state index < -0.39 is 5.76 Å². The molecule has 3 aromatic carbocycles. The zero-order valence-electron chi connectivity index (χ0n) is 24.2. The molecule has 8 nitrogen and oxygen atoms in total. The average Bonchev–Trinajstić information content (AvgIpc) is 3.42. The van der Waals surface area contributed by atoms with E-state index in [-0.39, 0.29) is 28.6 Å². The van der Waals surface area contributed by atoms with Crippen molar-refractivity contribution in [2.45, 2.75) is 59.5 Å². The van der Waals surface area contributed by atoms with Crippen LogP contribution in [0.25, 0.3) is 28.2 Å². The molecule has 1 atom stereocenters. The molecule has 0 saturated carbocycles. The van der Waals surface area contributed by atoms with Crippen molar-refractivity contribution < 1.29 is 9.26 Å². The van der Waals surface area contributed by atoms with Crippen molar-refractivity contribution in [1.82, 2.24) is 19.7 Å². The summed E-state index contributed by atoms with van der Waals surface area (Å²) in [4.78, 5) is 32.9. The number of ether oxygens (including phenoxy) is 1. The summed E-state index contributed by atoms with van der Waals surface area (Å²) in [5, 5.41) is 3.85. The second kappa shape index (κ2) is 13.6. The molecule has 0 bridgehead atoms. The van der Waals surface area contributed by atoms with E-state index in [1.165, 1.54) is 0 Å². The minimum atomic E-state index is -0.597. The molecule has 0 aliphatic rings. The molecule has 2 heterocycles. The molecule has 218 valence electrons. The Morgan fingerprint density at radius 1 is 0.952 bits per heavy atom. The van der Waals surface area contributed by atoms with E-state index in [9.17, 15) is 9.59 Å². The first kappa shape index (κ1) is 30.7. The van der Waals surface area contributed by atoms with Crippen molar-refractivity contribution in [1.29, 1.82) is 0 Å². The Bertz CT molecular complexity index is 1760. The zero-order chi connectivity index (χ0) is 28.9. The molecule has 42 heavy (non-hydrogen) atoms. The first-order chi connectivity index (χ1) is 19.9. The molecule has 0 aliphatic carbocycles. The standard InChI is InChI=1S/C33H34N4O4.BrH/c1-5-9-30-29(32(38)37(22(4)34-30)25-16-18-26(19-17-25)40-21(3)6-2)20-23-12-14-24(15-13-23)27-10-7-8-11-28(27)31-35-33(39)41-36-31;/h7-8,10-19,21H,5-6,9,20H2,1-4H3,(H,35,36,39);1H. The second-order valence-electron chi connectivity index (χ2n) is 10.2. The highest BCUT2D eigenvalue weighted by molar-refractivity contribution is 8.93. The number of hydrogen-bond donors (Lipinski definition) is 1. The van der Waals surface area contributed by atoms with Crippen LogP contribution in [-0.2, 0) is 12.8 Å². The molecule has 2 aromatic heterocycles. The van der Waals surface area contributed by atoms with Gasteiger partial charge in [0, 0.05) is 17.5 Å². The minimum Gasteiger partial charge on any atom is -0.491 e. The smallest absolute Gasteiger partial charge is 0.439 e. The van der Waals surface area contributed by atoms with E-state index in [2.05, 4.69) is 24.0 Å². The van der Waals surface area contributed by atoms with Crippen molar-refractivity contribution >= 4 is 17.0 Å². The molecule has 0 saturated heterocycles. The third-order valence-electron chi connectivity index (χ3n) is 7.19. The number of aromatic nitrogens is 4. The molecule has 5 aromatic rings. The fourth-order valence-corrected chi connectivity index (χ4v) is 4.93. The minimum absolute atomic E-state index is 0. The lowest BCUT2D eigenvalue weighted by Gasteiger charge is -2.17. The highest BCUT2D eigenvalue weighted by atomic mass is 79.9. The summed E-state index contributed by atoms with van der Waals surface area (Å²) in [6, 6.07) is 23.4. The van der Waals surface area contributed by atoms with Gasteiger partial charge < -0.3 is 4.74 Å². The van der Waals surface area contributed by atoms with Crippen LogP contribution >= 0.6 is 17.0 Å². The fraction of sp³-hybridized carbons (Fsp3) is 0.273. The molecular formula is C33H35BrN4O4. The Kier molecular flexibility index (Phi) is 9.96. The summed E-state index contributed by atoms with van der Waals surface area (Å²) in [6.45, 7) is 8.09. The lowest BCUT2D eigenvalue weighted by Crippen LogP contribution is -2.28. The average molecular weight is 632 g/mol. The number of rotatable bonds is 10. The third kappa shape index (κ3) is 6.62. The van der Waals surface area contributed by atoms with Crippen LogP contribution < -0.4 is 16.1 Å². The van der Waals surface area contributed by atoms with Gasteiger partial charge >= 0.3 is 5.76 Å². The number of nitrogens with zero attached hydrogens (tertiary/aromatic N) is 3. The molecule has 5 rings (SSSR count). The Morgan fingerprint density at radius 2 is 1.64 bits per heavy atom.